The number of nitriles is 1. The maximum Gasteiger partial charge on any atom is 0.160 e. The second-order valence-electron chi connectivity index (χ2n) is 5.10. The summed E-state index contributed by atoms with van der Waals surface area (Å²) in [6.07, 6.45) is 3.66. The molecule has 0 unspecified atom stereocenters. The van der Waals surface area contributed by atoms with Crippen LogP contribution in [0.25, 0.3) is 5.65 Å². The molecule has 1 fully saturated rings. The van der Waals surface area contributed by atoms with Crippen LogP contribution in [0, 0.1) is 11.3 Å². The highest BCUT2D eigenvalue weighted by atomic mass is 15.3. The molecule has 1 aliphatic heterocycles. The lowest BCUT2D eigenvalue weighted by atomic mass is 9.99. The van der Waals surface area contributed by atoms with Crippen LogP contribution in [-0.4, -0.2) is 32.7 Å². The smallest absolute Gasteiger partial charge is 0.160 e. The van der Waals surface area contributed by atoms with Crippen molar-refractivity contribution in [2.75, 3.05) is 18.0 Å². The van der Waals surface area contributed by atoms with Crippen LogP contribution in [0.15, 0.2) is 42.7 Å². The summed E-state index contributed by atoms with van der Waals surface area (Å²) in [5.74, 6) is 2.17. The average Bonchev–Trinajstić information content (AvgIpc) is 2.90. The Morgan fingerprint density at radius 1 is 1.19 bits per heavy atom. The van der Waals surface area contributed by atoms with Crippen molar-refractivity contribution in [3.05, 3.63) is 54.1 Å². The van der Waals surface area contributed by atoms with Crippen LogP contribution in [0.5, 0.6) is 0 Å². The van der Waals surface area contributed by atoms with E-state index in [-0.39, 0.29) is 0 Å². The molecule has 0 aromatic carbocycles. The van der Waals surface area contributed by atoms with Gasteiger partial charge >= 0.3 is 0 Å². The Hall–Kier alpha value is -2.94. The third kappa shape index (κ3) is 1.91. The predicted octanol–water partition coefficient (Wildman–Crippen LogP) is 1.60. The first kappa shape index (κ1) is 11.9. The Morgan fingerprint density at radius 3 is 2.95 bits per heavy atom. The maximum atomic E-state index is 8.94. The number of nitrogens with zero attached hydrogens (tertiary/aromatic N) is 6. The van der Waals surface area contributed by atoms with Gasteiger partial charge in [0.1, 0.15) is 11.6 Å². The quantitative estimate of drug-likeness (QED) is 0.711. The van der Waals surface area contributed by atoms with Gasteiger partial charge in [0.15, 0.2) is 5.65 Å². The number of fused-ring (bicyclic) bond motifs is 1. The van der Waals surface area contributed by atoms with E-state index >= 15 is 0 Å². The van der Waals surface area contributed by atoms with Gasteiger partial charge in [0.25, 0.3) is 0 Å². The van der Waals surface area contributed by atoms with E-state index in [1.807, 2.05) is 34.9 Å². The molecular formula is C15H12N6. The summed E-state index contributed by atoms with van der Waals surface area (Å²) in [5.41, 5.74) is 1.51. The summed E-state index contributed by atoms with van der Waals surface area (Å²) < 4.78 is 2.03. The van der Waals surface area contributed by atoms with Crippen LogP contribution < -0.4 is 4.90 Å². The normalized spacial score (nSPS) is 14.9. The number of hydrogen-bond donors (Lipinski definition) is 0. The molecule has 3 aromatic rings. The van der Waals surface area contributed by atoms with E-state index in [0.29, 0.717) is 11.5 Å². The van der Waals surface area contributed by atoms with Crippen molar-refractivity contribution in [3.8, 4) is 6.07 Å². The van der Waals surface area contributed by atoms with Crippen LogP contribution in [0.3, 0.4) is 0 Å². The highest BCUT2D eigenvalue weighted by molar-refractivity contribution is 5.49. The lowest BCUT2D eigenvalue weighted by Gasteiger charge is -2.39. The first-order valence-corrected chi connectivity index (χ1v) is 6.76. The van der Waals surface area contributed by atoms with E-state index in [9.17, 15) is 0 Å². The molecule has 4 heterocycles. The fraction of sp³-hybridized carbons (Fsp3) is 0.200. The Kier molecular flexibility index (Phi) is 2.57. The van der Waals surface area contributed by atoms with Gasteiger partial charge in [-0.25, -0.2) is 4.98 Å². The summed E-state index contributed by atoms with van der Waals surface area (Å²) in [4.78, 5) is 6.47. The van der Waals surface area contributed by atoms with Crippen LogP contribution in [0.4, 0.5) is 5.82 Å². The average molecular weight is 276 g/mol. The highest BCUT2D eigenvalue weighted by Gasteiger charge is 2.32. The molecule has 0 amide bonds. The fourth-order valence-corrected chi connectivity index (χ4v) is 2.63. The van der Waals surface area contributed by atoms with Crippen LogP contribution in [0.2, 0.25) is 0 Å². The Bertz CT molecular complexity index is 840. The van der Waals surface area contributed by atoms with Gasteiger partial charge in [0, 0.05) is 25.5 Å². The molecule has 1 saturated heterocycles. The first-order valence-electron chi connectivity index (χ1n) is 6.76. The second-order valence-corrected chi connectivity index (χ2v) is 5.10. The van der Waals surface area contributed by atoms with E-state index in [0.717, 1.165) is 30.4 Å². The Labute approximate surface area is 121 Å². The van der Waals surface area contributed by atoms with Gasteiger partial charge in [-0.1, -0.05) is 6.07 Å². The molecule has 0 saturated carbocycles. The van der Waals surface area contributed by atoms with Crippen molar-refractivity contribution in [2.45, 2.75) is 5.92 Å². The number of anilines is 1. The summed E-state index contributed by atoms with van der Waals surface area (Å²) in [6.45, 7) is 1.69. The zero-order valence-electron chi connectivity index (χ0n) is 11.2. The molecule has 3 aromatic heterocycles. The minimum absolute atomic E-state index is 0.343. The molecule has 102 valence electrons. The number of rotatable bonds is 2. The monoisotopic (exact) mass is 276 g/mol. The van der Waals surface area contributed by atoms with Gasteiger partial charge in [0.05, 0.1) is 17.6 Å². The third-order valence-corrected chi connectivity index (χ3v) is 3.79. The zero-order valence-corrected chi connectivity index (χ0v) is 11.2. The molecule has 6 heteroatoms. The summed E-state index contributed by atoms with van der Waals surface area (Å²) >= 11 is 0. The van der Waals surface area contributed by atoms with Crippen LogP contribution in [0.1, 0.15) is 17.3 Å². The van der Waals surface area contributed by atoms with Gasteiger partial charge in [-0.3, -0.25) is 4.40 Å². The predicted molar refractivity (Wildman–Crippen MR) is 76.9 cm³/mol. The van der Waals surface area contributed by atoms with Crippen molar-refractivity contribution in [3.63, 3.8) is 0 Å². The summed E-state index contributed by atoms with van der Waals surface area (Å²) in [6, 6.07) is 11.6. The summed E-state index contributed by atoms with van der Waals surface area (Å²) in [7, 11) is 0. The van der Waals surface area contributed by atoms with Crippen molar-refractivity contribution in [2.24, 2.45) is 0 Å². The molecule has 21 heavy (non-hydrogen) atoms. The highest BCUT2D eigenvalue weighted by Crippen LogP contribution is 2.29. The van der Waals surface area contributed by atoms with Gasteiger partial charge in [-0.15, -0.1) is 10.2 Å². The first-order chi connectivity index (χ1) is 10.3. The molecule has 0 aliphatic carbocycles. The molecule has 0 N–H and O–H groups in total. The molecule has 0 bridgehead atoms. The molecular weight excluding hydrogens is 264 g/mol. The second kappa shape index (κ2) is 4.56. The number of aromatic nitrogens is 4. The third-order valence-electron chi connectivity index (χ3n) is 3.79. The van der Waals surface area contributed by atoms with Crippen LogP contribution in [-0.2, 0) is 0 Å². The van der Waals surface area contributed by atoms with Gasteiger partial charge in [-0.2, -0.15) is 5.26 Å². The van der Waals surface area contributed by atoms with Gasteiger partial charge in [0.2, 0.25) is 0 Å². The van der Waals surface area contributed by atoms with Crippen molar-refractivity contribution in [1.82, 2.24) is 19.6 Å². The lowest BCUT2D eigenvalue weighted by Crippen LogP contribution is -2.46. The van der Waals surface area contributed by atoms with Crippen molar-refractivity contribution in [1.29, 1.82) is 5.26 Å². The number of pyridine rings is 2. The standard InChI is InChI=1S/C15H12N6/c16-8-11-4-5-17-14(7-11)20-9-12(10-20)15-19-18-13-3-1-2-6-21(13)15/h1-7,12H,9-10H2. The minimum Gasteiger partial charge on any atom is -0.355 e. The largest absolute Gasteiger partial charge is 0.355 e. The molecule has 0 atom stereocenters. The van der Waals surface area contributed by atoms with Crippen LogP contribution >= 0.6 is 0 Å². The molecule has 6 nitrogen and oxygen atoms in total. The fourth-order valence-electron chi connectivity index (χ4n) is 2.63. The summed E-state index contributed by atoms with van der Waals surface area (Å²) in [5, 5.41) is 17.4. The van der Waals surface area contributed by atoms with Gasteiger partial charge in [-0.05, 0) is 24.3 Å². The Morgan fingerprint density at radius 2 is 2.10 bits per heavy atom. The molecule has 1 aliphatic rings. The van der Waals surface area contributed by atoms with E-state index in [4.69, 9.17) is 5.26 Å². The van der Waals surface area contributed by atoms with E-state index in [1.165, 1.54) is 0 Å². The molecule has 0 spiro atoms. The van der Waals surface area contributed by atoms with E-state index in [1.54, 1.807) is 12.3 Å². The Balaban J connectivity index is 1.56. The molecule has 0 radical (unpaired) electrons. The van der Waals surface area contributed by atoms with E-state index in [2.05, 4.69) is 26.2 Å². The minimum atomic E-state index is 0.343. The van der Waals surface area contributed by atoms with Crippen molar-refractivity contribution >= 4 is 11.5 Å². The van der Waals surface area contributed by atoms with E-state index < -0.39 is 0 Å². The maximum absolute atomic E-state index is 8.94. The topological polar surface area (TPSA) is 70.1 Å². The zero-order chi connectivity index (χ0) is 14.2. The molecule has 4 rings (SSSR count). The van der Waals surface area contributed by atoms with Gasteiger partial charge < -0.3 is 4.90 Å². The SMILES string of the molecule is N#Cc1ccnc(N2CC(c3nnc4ccccn34)C2)c1. The lowest BCUT2D eigenvalue weighted by molar-refractivity contribution is 0.493. The number of hydrogen-bond acceptors (Lipinski definition) is 5. The van der Waals surface area contributed by atoms with Crippen molar-refractivity contribution < 1.29 is 0 Å².